The first-order chi connectivity index (χ1) is 7.20. The van der Waals surface area contributed by atoms with E-state index >= 15 is 0 Å². The molecule has 0 aromatic carbocycles. The van der Waals surface area contributed by atoms with Crippen molar-refractivity contribution < 1.29 is 0 Å². The molecule has 1 aromatic rings. The molecule has 15 heavy (non-hydrogen) atoms. The number of nitrogens with zero attached hydrogens (tertiary/aromatic N) is 2. The minimum atomic E-state index is 0.486. The highest BCUT2D eigenvalue weighted by molar-refractivity contribution is 5.52. The molecule has 3 nitrogen and oxygen atoms in total. The molecule has 0 saturated carbocycles. The summed E-state index contributed by atoms with van der Waals surface area (Å²) in [6.07, 6.45) is 4.85. The Morgan fingerprint density at radius 1 is 1.47 bits per heavy atom. The van der Waals surface area contributed by atoms with Gasteiger partial charge < -0.3 is 10.6 Å². The molecule has 0 aliphatic heterocycles. The molecule has 0 fully saturated rings. The first-order valence-corrected chi connectivity index (χ1v) is 5.60. The predicted octanol–water partition coefficient (Wildman–Crippen LogP) is 2.17. The molecule has 0 radical (unpaired) electrons. The van der Waals surface area contributed by atoms with Crippen LogP contribution in [0.4, 0.5) is 5.69 Å². The molecule has 3 heteroatoms. The van der Waals surface area contributed by atoms with Crippen molar-refractivity contribution >= 4 is 5.69 Å². The van der Waals surface area contributed by atoms with E-state index in [0.717, 1.165) is 13.0 Å². The van der Waals surface area contributed by atoms with E-state index in [-0.39, 0.29) is 0 Å². The van der Waals surface area contributed by atoms with Crippen LogP contribution < -0.4 is 10.6 Å². The summed E-state index contributed by atoms with van der Waals surface area (Å²) in [4.78, 5) is 6.54. The standard InChI is InChI=1S/C12H21N3/c1-4-7-15(10(2)3)12-9-14-6-5-11(12)8-13/h5-6,9-10H,4,7-8,13H2,1-3H3. The molecule has 1 heterocycles. The van der Waals surface area contributed by atoms with Crippen LogP contribution in [-0.4, -0.2) is 17.6 Å². The summed E-state index contributed by atoms with van der Waals surface area (Å²) in [7, 11) is 0. The Labute approximate surface area is 92.3 Å². The minimum Gasteiger partial charge on any atom is -0.368 e. The van der Waals surface area contributed by atoms with Crippen LogP contribution in [-0.2, 0) is 6.54 Å². The molecule has 0 aliphatic rings. The molecule has 0 bridgehead atoms. The average Bonchev–Trinajstić information content (AvgIpc) is 2.25. The molecule has 0 amide bonds. The molecule has 0 aliphatic carbocycles. The van der Waals surface area contributed by atoms with Gasteiger partial charge in [-0.2, -0.15) is 0 Å². The van der Waals surface area contributed by atoms with E-state index in [4.69, 9.17) is 5.73 Å². The first kappa shape index (κ1) is 12.0. The third-order valence-corrected chi connectivity index (χ3v) is 2.50. The second-order valence-electron chi connectivity index (χ2n) is 4.00. The lowest BCUT2D eigenvalue weighted by molar-refractivity contribution is 0.666. The number of aromatic nitrogens is 1. The number of nitrogens with two attached hydrogens (primary N) is 1. The molecular weight excluding hydrogens is 186 g/mol. The van der Waals surface area contributed by atoms with Crippen LogP contribution in [0.2, 0.25) is 0 Å². The van der Waals surface area contributed by atoms with Crippen molar-refractivity contribution in [1.29, 1.82) is 0 Å². The number of hydrogen-bond acceptors (Lipinski definition) is 3. The highest BCUT2D eigenvalue weighted by Crippen LogP contribution is 2.21. The lowest BCUT2D eigenvalue weighted by atomic mass is 10.1. The smallest absolute Gasteiger partial charge is 0.0600 e. The molecule has 1 rings (SSSR count). The SMILES string of the molecule is CCCN(c1cnccc1CN)C(C)C. The normalized spacial score (nSPS) is 10.7. The van der Waals surface area contributed by atoms with E-state index in [2.05, 4.69) is 30.7 Å². The van der Waals surface area contributed by atoms with Gasteiger partial charge >= 0.3 is 0 Å². The highest BCUT2D eigenvalue weighted by atomic mass is 15.2. The van der Waals surface area contributed by atoms with Gasteiger partial charge in [0.1, 0.15) is 0 Å². The topological polar surface area (TPSA) is 42.2 Å². The maximum atomic E-state index is 5.73. The third kappa shape index (κ3) is 2.93. The summed E-state index contributed by atoms with van der Waals surface area (Å²) < 4.78 is 0. The highest BCUT2D eigenvalue weighted by Gasteiger charge is 2.12. The van der Waals surface area contributed by atoms with Crippen molar-refractivity contribution in [2.75, 3.05) is 11.4 Å². The van der Waals surface area contributed by atoms with Crippen molar-refractivity contribution in [1.82, 2.24) is 4.98 Å². The van der Waals surface area contributed by atoms with Crippen molar-refractivity contribution in [3.8, 4) is 0 Å². The van der Waals surface area contributed by atoms with E-state index in [1.54, 1.807) is 6.20 Å². The van der Waals surface area contributed by atoms with Gasteiger partial charge in [-0.25, -0.2) is 0 Å². The number of rotatable bonds is 5. The Morgan fingerprint density at radius 2 is 2.20 bits per heavy atom. The van der Waals surface area contributed by atoms with Gasteiger partial charge in [0.2, 0.25) is 0 Å². The van der Waals surface area contributed by atoms with Crippen LogP contribution >= 0.6 is 0 Å². The van der Waals surface area contributed by atoms with Crippen LogP contribution in [0.5, 0.6) is 0 Å². The van der Waals surface area contributed by atoms with Gasteiger partial charge in [-0.1, -0.05) is 6.92 Å². The first-order valence-electron chi connectivity index (χ1n) is 5.60. The van der Waals surface area contributed by atoms with Crippen molar-refractivity contribution in [2.45, 2.75) is 39.8 Å². The van der Waals surface area contributed by atoms with Crippen LogP contribution in [0.3, 0.4) is 0 Å². The van der Waals surface area contributed by atoms with Gasteiger partial charge in [0.25, 0.3) is 0 Å². The van der Waals surface area contributed by atoms with Gasteiger partial charge in [-0.3, -0.25) is 4.98 Å². The summed E-state index contributed by atoms with van der Waals surface area (Å²) in [6.45, 7) is 8.21. The molecule has 0 unspecified atom stereocenters. The van der Waals surface area contributed by atoms with Gasteiger partial charge in [0.05, 0.1) is 11.9 Å². The molecule has 84 valence electrons. The molecule has 0 atom stereocenters. The van der Waals surface area contributed by atoms with E-state index in [1.807, 2.05) is 12.3 Å². The summed E-state index contributed by atoms with van der Waals surface area (Å²) in [5.74, 6) is 0. The van der Waals surface area contributed by atoms with Crippen LogP contribution in [0.1, 0.15) is 32.8 Å². The molecule has 2 N–H and O–H groups in total. The number of pyridine rings is 1. The van der Waals surface area contributed by atoms with Gasteiger partial charge in [0.15, 0.2) is 0 Å². The predicted molar refractivity (Wildman–Crippen MR) is 64.9 cm³/mol. The van der Waals surface area contributed by atoms with Gasteiger partial charge in [0, 0.05) is 25.3 Å². The second kappa shape index (κ2) is 5.71. The van der Waals surface area contributed by atoms with Gasteiger partial charge in [-0.15, -0.1) is 0 Å². The van der Waals surface area contributed by atoms with Crippen LogP contribution in [0, 0.1) is 0 Å². The summed E-state index contributed by atoms with van der Waals surface area (Å²) >= 11 is 0. The molecule has 0 saturated heterocycles. The van der Waals surface area contributed by atoms with E-state index < -0.39 is 0 Å². The maximum Gasteiger partial charge on any atom is 0.0600 e. The summed E-state index contributed by atoms with van der Waals surface area (Å²) in [5, 5.41) is 0. The van der Waals surface area contributed by atoms with Crippen molar-refractivity contribution in [3.63, 3.8) is 0 Å². The Balaban J connectivity index is 2.98. The Kier molecular flexibility index (Phi) is 4.56. The fourth-order valence-electron chi connectivity index (χ4n) is 1.74. The number of hydrogen-bond donors (Lipinski definition) is 1. The lowest BCUT2D eigenvalue weighted by Gasteiger charge is -2.30. The Morgan fingerprint density at radius 3 is 2.73 bits per heavy atom. The molecule has 1 aromatic heterocycles. The van der Waals surface area contributed by atoms with Crippen LogP contribution in [0.15, 0.2) is 18.5 Å². The second-order valence-corrected chi connectivity index (χ2v) is 4.00. The molecular formula is C12H21N3. The maximum absolute atomic E-state index is 5.73. The molecule has 0 spiro atoms. The zero-order chi connectivity index (χ0) is 11.3. The van der Waals surface area contributed by atoms with Crippen molar-refractivity contribution in [3.05, 3.63) is 24.0 Å². The zero-order valence-electron chi connectivity index (χ0n) is 9.90. The summed E-state index contributed by atoms with van der Waals surface area (Å²) in [6, 6.07) is 2.49. The summed E-state index contributed by atoms with van der Waals surface area (Å²) in [5.41, 5.74) is 8.08. The fraction of sp³-hybridized carbons (Fsp3) is 0.583. The Bertz CT molecular complexity index is 297. The Hall–Kier alpha value is -1.09. The van der Waals surface area contributed by atoms with E-state index in [0.29, 0.717) is 12.6 Å². The van der Waals surface area contributed by atoms with Gasteiger partial charge in [-0.05, 0) is 31.9 Å². The lowest BCUT2D eigenvalue weighted by Crippen LogP contribution is -2.32. The van der Waals surface area contributed by atoms with Crippen molar-refractivity contribution in [2.24, 2.45) is 5.73 Å². The fourth-order valence-corrected chi connectivity index (χ4v) is 1.74. The van der Waals surface area contributed by atoms with E-state index in [1.165, 1.54) is 11.3 Å². The quantitative estimate of drug-likeness (QED) is 0.804. The largest absolute Gasteiger partial charge is 0.368 e. The minimum absolute atomic E-state index is 0.486. The zero-order valence-corrected chi connectivity index (χ0v) is 9.90. The third-order valence-electron chi connectivity index (χ3n) is 2.50. The number of anilines is 1. The average molecular weight is 207 g/mol. The monoisotopic (exact) mass is 207 g/mol. The van der Waals surface area contributed by atoms with E-state index in [9.17, 15) is 0 Å². The van der Waals surface area contributed by atoms with Crippen LogP contribution in [0.25, 0.3) is 0 Å².